The van der Waals surface area contributed by atoms with Gasteiger partial charge < -0.3 is 10.1 Å². The molecule has 1 rings (SSSR count). The van der Waals surface area contributed by atoms with Crippen molar-refractivity contribution in [3.8, 4) is 0 Å². The average molecular weight is 345 g/mol. The molecular formula is C17H22F3NO3. The molecule has 1 aromatic carbocycles. The predicted molar refractivity (Wildman–Crippen MR) is 84.5 cm³/mol. The fourth-order valence-electron chi connectivity index (χ4n) is 1.92. The van der Waals surface area contributed by atoms with Crippen LogP contribution < -0.4 is 5.32 Å². The molecule has 0 fully saturated rings. The Labute approximate surface area is 139 Å². The molecule has 7 heteroatoms. The molecular weight excluding hydrogens is 323 g/mol. The number of aryl methyl sites for hydroxylation is 1. The Morgan fingerprint density at radius 1 is 1.12 bits per heavy atom. The largest absolute Gasteiger partial charge is 0.460 e. The van der Waals surface area contributed by atoms with E-state index in [2.05, 4.69) is 5.32 Å². The Bertz CT molecular complexity index is 577. The Balaban J connectivity index is 2.52. The van der Waals surface area contributed by atoms with Gasteiger partial charge in [0.15, 0.2) is 0 Å². The third kappa shape index (κ3) is 9.17. The average Bonchev–Trinajstić information content (AvgIpc) is 2.41. The first kappa shape index (κ1) is 20.0. The van der Waals surface area contributed by atoms with E-state index in [0.29, 0.717) is 12.1 Å². The van der Waals surface area contributed by atoms with Crippen LogP contribution >= 0.6 is 0 Å². The molecule has 0 aromatic heterocycles. The number of carbonyl (C=O) groups excluding carboxylic acids is 2. The standard InChI is InChI=1S/C17H22F3NO3/c1-16(2,3)24-15(23)8-7-12-5-4-6-13(11-12)21-14(22)9-10-17(18,19)20/h4-6,11H,7-10H2,1-3H3,(H,21,22). The van der Waals surface area contributed by atoms with E-state index in [0.717, 1.165) is 5.56 Å². The molecule has 0 saturated carbocycles. The van der Waals surface area contributed by atoms with Crippen LogP contribution in [0, 0.1) is 0 Å². The Morgan fingerprint density at radius 3 is 2.38 bits per heavy atom. The lowest BCUT2D eigenvalue weighted by Gasteiger charge is -2.19. The van der Waals surface area contributed by atoms with Crippen molar-refractivity contribution in [3.63, 3.8) is 0 Å². The van der Waals surface area contributed by atoms with E-state index >= 15 is 0 Å². The first-order valence-electron chi connectivity index (χ1n) is 7.62. The summed E-state index contributed by atoms with van der Waals surface area (Å²) in [5, 5.41) is 2.43. The summed E-state index contributed by atoms with van der Waals surface area (Å²) in [6, 6.07) is 6.66. The van der Waals surface area contributed by atoms with Crippen LogP contribution in [0.2, 0.25) is 0 Å². The maximum atomic E-state index is 12.1. The summed E-state index contributed by atoms with van der Waals surface area (Å²) in [4.78, 5) is 23.2. The molecule has 0 aliphatic heterocycles. The van der Waals surface area contributed by atoms with Gasteiger partial charge in [-0.2, -0.15) is 13.2 Å². The zero-order valence-corrected chi connectivity index (χ0v) is 14.0. The van der Waals surface area contributed by atoms with Crippen molar-refractivity contribution in [1.82, 2.24) is 0 Å². The molecule has 1 amide bonds. The number of ether oxygens (including phenoxy) is 1. The number of benzene rings is 1. The molecule has 24 heavy (non-hydrogen) atoms. The normalized spacial score (nSPS) is 11.9. The molecule has 0 unspecified atom stereocenters. The number of nitrogens with one attached hydrogen (secondary N) is 1. The van der Waals surface area contributed by atoms with Crippen LogP contribution in [-0.4, -0.2) is 23.7 Å². The van der Waals surface area contributed by atoms with Crippen LogP contribution in [0.1, 0.15) is 45.6 Å². The number of alkyl halides is 3. The number of esters is 1. The van der Waals surface area contributed by atoms with Gasteiger partial charge in [-0.25, -0.2) is 0 Å². The van der Waals surface area contributed by atoms with Gasteiger partial charge in [0, 0.05) is 18.5 Å². The highest BCUT2D eigenvalue weighted by atomic mass is 19.4. The highest BCUT2D eigenvalue weighted by Crippen LogP contribution is 2.22. The van der Waals surface area contributed by atoms with E-state index in [9.17, 15) is 22.8 Å². The maximum absolute atomic E-state index is 12.1. The summed E-state index contributed by atoms with van der Waals surface area (Å²) in [5.41, 5.74) is 0.643. The van der Waals surface area contributed by atoms with Crippen molar-refractivity contribution < 1.29 is 27.5 Å². The van der Waals surface area contributed by atoms with E-state index < -0.39 is 30.5 Å². The molecule has 0 aliphatic carbocycles. The van der Waals surface area contributed by atoms with E-state index in [1.807, 2.05) is 0 Å². The van der Waals surface area contributed by atoms with Crippen molar-refractivity contribution in [1.29, 1.82) is 0 Å². The summed E-state index contributed by atoms with van der Waals surface area (Å²) >= 11 is 0. The Kier molecular flexibility index (Phi) is 6.81. The third-order valence-corrected chi connectivity index (χ3v) is 2.88. The molecule has 1 aromatic rings. The first-order chi connectivity index (χ1) is 10.9. The number of carbonyl (C=O) groups is 2. The Morgan fingerprint density at radius 2 is 1.79 bits per heavy atom. The topological polar surface area (TPSA) is 55.4 Å². The smallest absolute Gasteiger partial charge is 0.389 e. The van der Waals surface area contributed by atoms with Gasteiger partial charge >= 0.3 is 12.1 Å². The minimum absolute atomic E-state index is 0.183. The Hall–Kier alpha value is -2.05. The van der Waals surface area contributed by atoms with Gasteiger partial charge in [0.25, 0.3) is 0 Å². The molecule has 0 atom stereocenters. The highest BCUT2D eigenvalue weighted by Gasteiger charge is 2.27. The molecule has 134 valence electrons. The lowest BCUT2D eigenvalue weighted by atomic mass is 10.1. The van der Waals surface area contributed by atoms with Crippen LogP contribution in [0.3, 0.4) is 0 Å². The molecule has 0 aliphatic rings. The zero-order chi connectivity index (χ0) is 18.4. The van der Waals surface area contributed by atoms with Gasteiger partial charge in [-0.1, -0.05) is 12.1 Å². The van der Waals surface area contributed by atoms with Crippen LogP contribution in [0.4, 0.5) is 18.9 Å². The minimum atomic E-state index is -4.35. The number of hydrogen-bond donors (Lipinski definition) is 1. The van der Waals surface area contributed by atoms with Gasteiger partial charge in [0.05, 0.1) is 6.42 Å². The summed E-state index contributed by atoms with van der Waals surface area (Å²) < 4.78 is 41.5. The first-order valence-corrected chi connectivity index (χ1v) is 7.62. The molecule has 0 bridgehead atoms. The van der Waals surface area contributed by atoms with Gasteiger partial charge in [-0.3, -0.25) is 9.59 Å². The lowest BCUT2D eigenvalue weighted by molar-refractivity contribution is -0.154. The number of halogens is 3. The second-order valence-electron chi connectivity index (χ2n) is 6.45. The lowest BCUT2D eigenvalue weighted by Crippen LogP contribution is -2.24. The SMILES string of the molecule is CC(C)(C)OC(=O)CCc1cccc(NC(=O)CCC(F)(F)F)c1. The van der Waals surface area contributed by atoms with Crippen LogP contribution in [0.15, 0.2) is 24.3 Å². The summed E-state index contributed by atoms with van der Waals surface area (Å²) in [5.74, 6) is -1.03. The molecule has 0 radical (unpaired) electrons. The molecule has 0 saturated heterocycles. The second kappa shape index (κ2) is 8.17. The van der Waals surface area contributed by atoms with Gasteiger partial charge in [-0.15, -0.1) is 0 Å². The fraction of sp³-hybridized carbons (Fsp3) is 0.529. The molecule has 1 N–H and O–H groups in total. The molecule has 4 nitrogen and oxygen atoms in total. The van der Waals surface area contributed by atoms with E-state index in [4.69, 9.17) is 4.74 Å². The number of anilines is 1. The van der Waals surface area contributed by atoms with Crippen molar-refractivity contribution in [2.75, 3.05) is 5.32 Å². The number of rotatable bonds is 6. The number of amides is 1. The second-order valence-corrected chi connectivity index (χ2v) is 6.45. The monoisotopic (exact) mass is 345 g/mol. The zero-order valence-electron chi connectivity index (χ0n) is 14.0. The maximum Gasteiger partial charge on any atom is 0.389 e. The summed E-state index contributed by atoms with van der Waals surface area (Å²) in [6.07, 6.45) is -5.53. The summed E-state index contributed by atoms with van der Waals surface area (Å²) in [7, 11) is 0. The van der Waals surface area contributed by atoms with Gasteiger partial charge in [0.2, 0.25) is 5.91 Å². The molecule has 0 heterocycles. The van der Waals surface area contributed by atoms with Gasteiger partial charge in [-0.05, 0) is 44.9 Å². The summed E-state index contributed by atoms with van der Waals surface area (Å²) in [6.45, 7) is 5.34. The predicted octanol–water partition coefficient (Wildman–Crippen LogP) is 4.24. The van der Waals surface area contributed by atoms with E-state index in [1.54, 1.807) is 45.0 Å². The molecule has 0 spiro atoms. The van der Waals surface area contributed by atoms with Crippen molar-refractivity contribution in [3.05, 3.63) is 29.8 Å². The highest BCUT2D eigenvalue weighted by molar-refractivity contribution is 5.90. The third-order valence-electron chi connectivity index (χ3n) is 2.88. The van der Waals surface area contributed by atoms with Crippen molar-refractivity contribution in [2.45, 2.75) is 58.2 Å². The van der Waals surface area contributed by atoms with E-state index in [-0.39, 0.29) is 12.4 Å². The van der Waals surface area contributed by atoms with Crippen LogP contribution in [0.5, 0.6) is 0 Å². The van der Waals surface area contributed by atoms with Crippen LogP contribution in [0.25, 0.3) is 0 Å². The minimum Gasteiger partial charge on any atom is -0.460 e. The van der Waals surface area contributed by atoms with Crippen molar-refractivity contribution >= 4 is 17.6 Å². The van der Waals surface area contributed by atoms with Crippen molar-refractivity contribution in [2.24, 2.45) is 0 Å². The van der Waals surface area contributed by atoms with E-state index in [1.165, 1.54) is 0 Å². The quantitative estimate of drug-likeness (QED) is 0.785. The van der Waals surface area contributed by atoms with Gasteiger partial charge in [0.1, 0.15) is 5.60 Å². The van der Waals surface area contributed by atoms with Crippen LogP contribution in [-0.2, 0) is 20.7 Å². The number of hydrogen-bond acceptors (Lipinski definition) is 3. The fourth-order valence-corrected chi connectivity index (χ4v) is 1.92.